The van der Waals surface area contributed by atoms with Crippen molar-refractivity contribution < 1.29 is 22.8 Å². The van der Waals surface area contributed by atoms with E-state index in [2.05, 4.69) is 16.0 Å². The van der Waals surface area contributed by atoms with Gasteiger partial charge in [0.25, 0.3) is 0 Å². The maximum Gasteiger partial charge on any atom is 0.405 e. The predicted octanol–water partition coefficient (Wildman–Crippen LogP) is 0.674. The van der Waals surface area contributed by atoms with Gasteiger partial charge in [0.15, 0.2) is 0 Å². The Balaban J connectivity index is 2.62. The molecule has 1 rings (SSSR count). The lowest BCUT2D eigenvalue weighted by Gasteiger charge is -2.14. The van der Waals surface area contributed by atoms with Gasteiger partial charge < -0.3 is 21.7 Å². The maximum atomic E-state index is 12.2. The minimum absolute atomic E-state index is 0.133. The highest BCUT2D eigenvalue weighted by atomic mass is 19.4. The molecular formula is C12H15F3N4O2. The number of alkyl halides is 3. The number of hydrogen-bond donors (Lipinski definition) is 4. The molecule has 0 atom stereocenters. The Labute approximate surface area is 118 Å². The van der Waals surface area contributed by atoms with E-state index in [1.54, 1.807) is 6.07 Å². The first-order valence-corrected chi connectivity index (χ1v) is 5.98. The number of amides is 2. The number of hydrogen-bond acceptors (Lipinski definition) is 4. The third-order valence-electron chi connectivity index (χ3n) is 2.31. The van der Waals surface area contributed by atoms with Crippen molar-refractivity contribution in [1.29, 1.82) is 0 Å². The predicted molar refractivity (Wildman–Crippen MR) is 71.7 cm³/mol. The summed E-state index contributed by atoms with van der Waals surface area (Å²) in [6.45, 7) is -1.79. The highest BCUT2D eigenvalue weighted by molar-refractivity contribution is 5.97. The van der Waals surface area contributed by atoms with E-state index in [9.17, 15) is 22.8 Å². The molecule has 9 heteroatoms. The summed E-state index contributed by atoms with van der Waals surface area (Å²) in [7, 11) is 0. The van der Waals surface area contributed by atoms with Crippen LogP contribution in [0.25, 0.3) is 0 Å². The first-order chi connectivity index (χ1) is 9.81. The molecule has 21 heavy (non-hydrogen) atoms. The van der Waals surface area contributed by atoms with Gasteiger partial charge in [0.1, 0.15) is 6.54 Å². The van der Waals surface area contributed by atoms with Crippen LogP contribution < -0.4 is 21.7 Å². The minimum atomic E-state index is -4.37. The Hall–Kier alpha value is -2.29. The molecule has 0 aliphatic rings. The number of anilines is 2. The highest BCUT2D eigenvalue weighted by Gasteiger charge is 2.27. The normalized spacial score (nSPS) is 10.9. The van der Waals surface area contributed by atoms with E-state index in [0.29, 0.717) is 0 Å². The molecule has 0 saturated heterocycles. The van der Waals surface area contributed by atoms with E-state index in [4.69, 9.17) is 5.73 Å². The average Bonchev–Trinajstić information content (AvgIpc) is 2.43. The average molecular weight is 304 g/mol. The van der Waals surface area contributed by atoms with Gasteiger partial charge in [-0.15, -0.1) is 0 Å². The van der Waals surface area contributed by atoms with Crippen molar-refractivity contribution in [3.05, 3.63) is 24.3 Å². The summed E-state index contributed by atoms with van der Waals surface area (Å²) in [4.78, 5) is 22.5. The Morgan fingerprint density at radius 3 is 2.29 bits per heavy atom. The van der Waals surface area contributed by atoms with Gasteiger partial charge in [0, 0.05) is 0 Å². The summed E-state index contributed by atoms with van der Waals surface area (Å²) in [5, 5.41) is 6.84. The van der Waals surface area contributed by atoms with Crippen LogP contribution in [0.3, 0.4) is 0 Å². The van der Waals surface area contributed by atoms with Crippen LogP contribution in [0.5, 0.6) is 0 Å². The summed E-state index contributed by atoms with van der Waals surface area (Å²) < 4.78 is 36.5. The van der Waals surface area contributed by atoms with Gasteiger partial charge in [-0.3, -0.25) is 9.59 Å². The zero-order valence-corrected chi connectivity index (χ0v) is 11.0. The third kappa shape index (κ3) is 6.61. The topological polar surface area (TPSA) is 96.2 Å². The van der Waals surface area contributed by atoms with Crippen LogP contribution in [0.1, 0.15) is 0 Å². The standard InChI is InChI=1S/C12H15F3N4O2/c13-12(14,15)7-18-8-3-1-2-4-9(8)19-11(21)6-17-10(20)5-16/h1-4,18H,5-7,16H2,(H,17,20)(H,19,21). The maximum absolute atomic E-state index is 12.2. The molecule has 0 bridgehead atoms. The molecule has 0 aliphatic heterocycles. The molecule has 0 saturated carbocycles. The van der Waals surface area contributed by atoms with Gasteiger partial charge >= 0.3 is 6.18 Å². The van der Waals surface area contributed by atoms with Crippen molar-refractivity contribution >= 4 is 23.2 Å². The van der Waals surface area contributed by atoms with E-state index in [1.165, 1.54) is 18.2 Å². The molecular weight excluding hydrogens is 289 g/mol. The number of nitrogens with one attached hydrogen (secondary N) is 3. The first-order valence-electron chi connectivity index (χ1n) is 5.98. The molecule has 1 aromatic carbocycles. The number of para-hydroxylation sites is 2. The van der Waals surface area contributed by atoms with Crippen LogP contribution in [0.2, 0.25) is 0 Å². The molecule has 116 valence electrons. The van der Waals surface area contributed by atoms with Crippen LogP contribution in [-0.4, -0.2) is 37.6 Å². The van der Waals surface area contributed by atoms with Crippen molar-refractivity contribution in [2.75, 3.05) is 30.3 Å². The fourth-order valence-electron chi connectivity index (χ4n) is 1.39. The van der Waals surface area contributed by atoms with Crippen LogP contribution in [-0.2, 0) is 9.59 Å². The van der Waals surface area contributed by atoms with Gasteiger partial charge in [-0.05, 0) is 12.1 Å². The minimum Gasteiger partial charge on any atom is -0.375 e. The molecule has 2 amide bonds. The van der Waals surface area contributed by atoms with Crippen molar-refractivity contribution in [2.45, 2.75) is 6.18 Å². The van der Waals surface area contributed by atoms with E-state index in [0.717, 1.165) is 0 Å². The fourth-order valence-corrected chi connectivity index (χ4v) is 1.39. The molecule has 0 spiro atoms. The summed E-state index contributed by atoms with van der Waals surface area (Å²) >= 11 is 0. The smallest absolute Gasteiger partial charge is 0.375 e. The van der Waals surface area contributed by atoms with Crippen LogP contribution in [0, 0.1) is 0 Å². The van der Waals surface area contributed by atoms with Crippen LogP contribution in [0.4, 0.5) is 24.5 Å². The van der Waals surface area contributed by atoms with Gasteiger partial charge in [-0.25, -0.2) is 0 Å². The largest absolute Gasteiger partial charge is 0.405 e. The molecule has 5 N–H and O–H groups in total. The molecule has 0 aromatic heterocycles. The van der Waals surface area contributed by atoms with Crippen LogP contribution in [0.15, 0.2) is 24.3 Å². The second kappa shape index (κ2) is 7.48. The summed E-state index contributed by atoms with van der Waals surface area (Å²) in [5.74, 6) is -1.08. The van der Waals surface area contributed by atoms with Crippen molar-refractivity contribution in [3.8, 4) is 0 Å². The Morgan fingerprint density at radius 1 is 1.10 bits per heavy atom. The van der Waals surface area contributed by atoms with Crippen LogP contribution >= 0.6 is 0 Å². The Kier molecular flexibility index (Phi) is 5.97. The van der Waals surface area contributed by atoms with Gasteiger partial charge in [-0.2, -0.15) is 13.2 Å². The number of rotatable bonds is 6. The SMILES string of the molecule is NCC(=O)NCC(=O)Nc1ccccc1NCC(F)(F)F. The van der Waals surface area contributed by atoms with E-state index >= 15 is 0 Å². The highest BCUT2D eigenvalue weighted by Crippen LogP contribution is 2.23. The molecule has 6 nitrogen and oxygen atoms in total. The van der Waals surface area contributed by atoms with Crippen molar-refractivity contribution in [2.24, 2.45) is 5.73 Å². The number of carbonyl (C=O) groups excluding carboxylic acids is 2. The van der Waals surface area contributed by atoms with E-state index < -0.39 is 24.5 Å². The molecule has 0 unspecified atom stereocenters. The quantitative estimate of drug-likeness (QED) is 0.621. The first kappa shape index (κ1) is 16.8. The van der Waals surface area contributed by atoms with E-state index in [-0.39, 0.29) is 24.5 Å². The summed E-state index contributed by atoms with van der Waals surface area (Å²) in [6.07, 6.45) is -4.37. The van der Waals surface area contributed by atoms with Gasteiger partial charge in [0.05, 0.1) is 24.5 Å². The number of nitrogens with two attached hydrogens (primary N) is 1. The molecule has 0 fully saturated rings. The zero-order chi connectivity index (χ0) is 15.9. The third-order valence-corrected chi connectivity index (χ3v) is 2.31. The Bertz CT molecular complexity index is 506. The molecule has 0 radical (unpaired) electrons. The molecule has 0 heterocycles. The van der Waals surface area contributed by atoms with E-state index in [1.807, 2.05) is 0 Å². The van der Waals surface area contributed by atoms with Gasteiger partial charge in [-0.1, -0.05) is 12.1 Å². The lowest BCUT2D eigenvalue weighted by Crippen LogP contribution is -2.36. The van der Waals surface area contributed by atoms with Gasteiger partial charge in [0.2, 0.25) is 11.8 Å². The second-order valence-corrected chi connectivity index (χ2v) is 4.04. The number of carbonyl (C=O) groups is 2. The fraction of sp³-hybridized carbons (Fsp3) is 0.333. The Morgan fingerprint density at radius 2 is 1.71 bits per heavy atom. The lowest BCUT2D eigenvalue weighted by molar-refractivity contribution is -0.123. The molecule has 1 aromatic rings. The van der Waals surface area contributed by atoms with Crippen molar-refractivity contribution in [3.63, 3.8) is 0 Å². The second-order valence-electron chi connectivity index (χ2n) is 4.04. The lowest BCUT2D eigenvalue weighted by atomic mass is 10.2. The van der Waals surface area contributed by atoms with Crippen molar-refractivity contribution in [1.82, 2.24) is 5.32 Å². The molecule has 0 aliphatic carbocycles. The zero-order valence-electron chi connectivity index (χ0n) is 11.0. The number of benzene rings is 1. The number of halogens is 3. The monoisotopic (exact) mass is 304 g/mol. The summed E-state index contributed by atoms with van der Waals surface area (Å²) in [6, 6.07) is 5.94. The summed E-state index contributed by atoms with van der Waals surface area (Å²) in [5.41, 5.74) is 5.38.